The molecule has 1 amide bonds. The van der Waals surface area contributed by atoms with Gasteiger partial charge >= 0.3 is 0 Å². The van der Waals surface area contributed by atoms with E-state index in [1.165, 1.54) is 11.3 Å². The molecule has 0 spiro atoms. The van der Waals surface area contributed by atoms with E-state index in [-0.39, 0.29) is 11.8 Å². The predicted molar refractivity (Wildman–Crippen MR) is 112 cm³/mol. The molecule has 1 aliphatic heterocycles. The number of rotatable bonds is 5. The van der Waals surface area contributed by atoms with Crippen LogP contribution in [0, 0.1) is 0 Å². The molecule has 1 aliphatic rings. The fourth-order valence-electron chi connectivity index (χ4n) is 3.58. The fraction of sp³-hybridized carbons (Fsp3) is 0.300. The van der Waals surface area contributed by atoms with Gasteiger partial charge in [0.25, 0.3) is 0 Å². The van der Waals surface area contributed by atoms with Crippen molar-refractivity contribution in [2.24, 2.45) is 0 Å². The second-order valence-corrected chi connectivity index (χ2v) is 8.09. The zero-order valence-electron chi connectivity index (χ0n) is 15.2. The summed E-state index contributed by atoms with van der Waals surface area (Å²) in [5.74, 6) is 0.189. The molecule has 4 rings (SSSR count). The van der Waals surface area contributed by atoms with E-state index in [0.29, 0.717) is 16.7 Å². The van der Waals surface area contributed by atoms with Crippen molar-refractivity contribution in [3.8, 4) is 11.3 Å². The summed E-state index contributed by atoms with van der Waals surface area (Å²) in [5, 5.41) is 6.01. The van der Waals surface area contributed by atoms with Crippen molar-refractivity contribution in [3.05, 3.63) is 59.0 Å². The molecule has 0 unspecified atom stereocenters. The van der Waals surface area contributed by atoms with E-state index >= 15 is 0 Å². The zero-order chi connectivity index (χ0) is 19.3. The molecule has 0 bridgehead atoms. The van der Waals surface area contributed by atoms with Crippen molar-refractivity contribution < 1.29 is 4.79 Å². The van der Waals surface area contributed by atoms with Crippen LogP contribution >= 0.6 is 22.9 Å². The van der Waals surface area contributed by atoms with Gasteiger partial charge in [0.1, 0.15) is 0 Å². The van der Waals surface area contributed by atoms with Gasteiger partial charge in [-0.3, -0.25) is 19.7 Å². The van der Waals surface area contributed by atoms with Crippen molar-refractivity contribution in [1.82, 2.24) is 19.9 Å². The van der Waals surface area contributed by atoms with E-state index in [4.69, 9.17) is 11.6 Å². The topological polar surface area (TPSA) is 71.0 Å². The highest BCUT2D eigenvalue weighted by Gasteiger charge is 2.26. The van der Waals surface area contributed by atoms with Crippen LogP contribution in [-0.2, 0) is 4.79 Å². The molecule has 0 saturated carbocycles. The van der Waals surface area contributed by atoms with Crippen molar-refractivity contribution in [1.29, 1.82) is 0 Å². The van der Waals surface area contributed by atoms with E-state index in [2.05, 4.69) is 25.2 Å². The van der Waals surface area contributed by atoms with Crippen LogP contribution in [0.15, 0.2) is 48.2 Å². The third-order valence-electron chi connectivity index (χ3n) is 4.76. The summed E-state index contributed by atoms with van der Waals surface area (Å²) in [6, 6.07) is 7.69. The molecule has 1 fully saturated rings. The Kier molecular flexibility index (Phi) is 5.95. The second-order valence-electron chi connectivity index (χ2n) is 6.76. The number of carbonyl (C=O) groups excluding carboxylic acids is 1. The summed E-state index contributed by atoms with van der Waals surface area (Å²) in [6.45, 7) is 2.02. The number of nitrogens with zero attached hydrogens (tertiary/aromatic N) is 4. The highest BCUT2D eigenvalue weighted by molar-refractivity contribution is 7.13. The highest BCUT2D eigenvalue weighted by atomic mass is 35.5. The van der Waals surface area contributed by atoms with Crippen LogP contribution in [0.2, 0.25) is 5.02 Å². The van der Waals surface area contributed by atoms with Gasteiger partial charge in [-0.05, 0) is 31.5 Å². The van der Waals surface area contributed by atoms with Crippen LogP contribution in [0.4, 0.5) is 5.13 Å². The first-order valence-electron chi connectivity index (χ1n) is 9.17. The highest BCUT2D eigenvalue weighted by Crippen LogP contribution is 2.32. The predicted octanol–water partition coefficient (Wildman–Crippen LogP) is 4.07. The summed E-state index contributed by atoms with van der Waals surface area (Å²) in [7, 11) is 0. The Morgan fingerprint density at radius 1 is 1.25 bits per heavy atom. The number of hydrogen-bond donors (Lipinski definition) is 1. The number of carbonyl (C=O) groups is 1. The van der Waals surface area contributed by atoms with Gasteiger partial charge < -0.3 is 5.32 Å². The Hall–Kier alpha value is -2.35. The summed E-state index contributed by atoms with van der Waals surface area (Å²) >= 11 is 7.59. The number of thiazole rings is 1. The van der Waals surface area contributed by atoms with Gasteiger partial charge in [-0.25, -0.2) is 4.98 Å². The number of hydrogen-bond acceptors (Lipinski definition) is 6. The number of likely N-dealkylation sites (tertiary alicyclic amines) is 1. The van der Waals surface area contributed by atoms with E-state index in [9.17, 15) is 4.79 Å². The molecule has 0 aliphatic carbocycles. The van der Waals surface area contributed by atoms with Crippen LogP contribution < -0.4 is 5.32 Å². The van der Waals surface area contributed by atoms with Gasteiger partial charge in [-0.15, -0.1) is 11.3 Å². The largest absolute Gasteiger partial charge is 0.301 e. The van der Waals surface area contributed by atoms with Crippen LogP contribution in [-0.4, -0.2) is 45.4 Å². The molecule has 1 aromatic carbocycles. The van der Waals surface area contributed by atoms with Crippen LogP contribution in [0.3, 0.4) is 0 Å². The lowest BCUT2D eigenvalue weighted by atomic mass is 9.91. The van der Waals surface area contributed by atoms with Gasteiger partial charge in [0, 0.05) is 47.0 Å². The molecular formula is C20H20ClN5OS. The number of aromatic nitrogens is 3. The molecule has 144 valence electrons. The lowest BCUT2D eigenvalue weighted by Crippen LogP contribution is -2.40. The van der Waals surface area contributed by atoms with E-state index in [0.717, 1.165) is 42.9 Å². The molecular weight excluding hydrogens is 394 g/mol. The number of anilines is 1. The third-order valence-corrected chi connectivity index (χ3v) is 5.69. The Bertz CT molecular complexity index is 949. The minimum absolute atomic E-state index is 0.0372. The maximum atomic E-state index is 12.3. The summed E-state index contributed by atoms with van der Waals surface area (Å²) in [6.07, 6.45) is 7.17. The quantitative estimate of drug-likeness (QED) is 0.682. The Morgan fingerprint density at radius 2 is 2.14 bits per heavy atom. The normalized spacial score (nSPS) is 17.4. The number of benzene rings is 1. The Morgan fingerprint density at radius 3 is 2.96 bits per heavy atom. The number of piperidine rings is 1. The molecule has 0 radical (unpaired) electrons. The minimum Gasteiger partial charge on any atom is -0.301 e. The molecule has 6 nitrogen and oxygen atoms in total. The number of halogens is 1. The first-order valence-corrected chi connectivity index (χ1v) is 10.4. The monoisotopic (exact) mass is 413 g/mol. The fourth-order valence-corrected chi connectivity index (χ4v) is 4.31. The lowest BCUT2D eigenvalue weighted by Gasteiger charge is -2.32. The molecule has 3 aromatic rings. The standard InChI is InChI=1S/C20H20ClN5OS/c21-16-5-1-3-14(11-16)18-19(23-7-6-22-18)15-4-2-9-26(12-15)13-17(27)25-20-24-8-10-28-20/h1,3,5-8,10-11,15H,2,4,9,12-13H2,(H,24,25,27)/t15-/m0/s1. The van der Waals surface area contributed by atoms with Gasteiger partial charge in [0.15, 0.2) is 5.13 Å². The minimum atomic E-state index is -0.0372. The van der Waals surface area contributed by atoms with Gasteiger partial charge in [0.2, 0.25) is 5.91 Å². The SMILES string of the molecule is O=C(CN1CCC[C@H](c2nccnc2-c2cccc(Cl)c2)C1)Nc1nccs1. The first kappa shape index (κ1) is 19.0. The van der Waals surface area contributed by atoms with Crippen LogP contribution in [0.5, 0.6) is 0 Å². The average molecular weight is 414 g/mol. The van der Waals surface area contributed by atoms with Crippen LogP contribution in [0.25, 0.3) is 11.3 Å². The molecule has 28 heavy (non-hydrogen) atoms. The van der Waals surface area contributed by atoms with E-state index in [1.54, 1.807) is 18.6 Å². The summed E-state index contributed by atoms with van der Waals surface area (Å²) in [5.41, 5.74) is 2.80. The molecule has 3 heterocycles. The Labute approximate surface area is 172 Å². The van der Waals surface area contributed by atoms with Crippen molar-refractivity contribution in [2.45, 2.75) is 18.8 Å². The second kappa shape index (κ2) is 8.77. The van der Waals surface area contributed by atoms with Crippen LogP contribution in [0.1, 0.15) is 24.5 Å². The summed E-state index contributed by atoms with van der Waals surface area (Å²) in [4.78, 5) is 27.8. The smallest absolute Gasteiger partial charge is 0.240 e. The number of amides is 1. The first-order chi connectivity index (χ1) is 13.7. The van der Waals surface area contributed by atoms with E-state index < -0.39 is 0 Å². The third kappa shape index (κ3) is 4.55. The van der Waals surface area contributed by atoms with E-state index in [1.807, 2.05) is 29.6 Å². The number of nitrogens with one attached hydrogen (secondary N) is 1. The summed E-state index contributed by atoms with van der Waals surface area (Å²) < 4.78 is 0. The van der Waals surface area contributed by atoms with Crippen molar-refractivity contribution in [2.75, 3.05) is 25.0 Å². The maximum absolute atomic E-state index is 12.3. The molecule has 8 heteroatoms. The van der Waals surface area contributed by atoms with Crippen molar-refractivity contribution in [3.63, 3.8) is 0 Å². The maximum Gasteiger partial charge on any atom is 0.240 e. The Balaban J connectivity index is 1.48. The zero-order valence-corrected chi connectivity index (χ0v) is 16.8. The molecule has 1 N–H and O–H groups in total. The molecule has 2 aromatic heterocycles. The molecule has 1 saturated heterocycles. The lowest BCUT2D eigenvalue weighted by molar-refractivity contribution is -0.117. The average Bonchev–Trinajstić information content (AvgIpc) is 3.21. The van der Waals surface area contributed by atoms with Gasteiger partial charge in [-0.2, -0.15) is 0 Å². The van der Waals surface area contributed by atoms with Crippen molar-refractivity contribution >= 4 is 34.0 Å². The molecule has 1 atom stereocenters. The van der Waals surface area contributed by atoms with Gasteiger partial charge in [-0.1, -0.05) is 23.7 Å². The van der Waals surface area contributed by atoms with Gasteiger partial charge in [0.05, 0.1) is 17.9 Å².